The van der Waals surface area contributed by atoms with Gasteiger partial charge < -0.3 is 5.73 Å². The molecule has 68 valence electrons. The predicted molar refractivity (Wildman–Crippen MR) is 54.2 cm³/mol. The van der Waals surface area contributed by atoms with Gasteiger partial charge in [0.15, 0.2) is 0 Å². The summed E-state index contributed by atoms with van der Waals surface area (Å²) in [4.78, 5) is 0. The summed E-state index contributed by atoms with van der Waals surface area (Å²) in [7, 11) is 0. The number of halogens is 1. The van der Waals surface area contributed by atoms with Crippen LogP contribution in [0.25, 0.3) is 0 Å². The van der Waals surface area contributed by atoms with E-state index in [-0.39, 0.29) is 12.4 Å². The molecular weight excluding hydrogens is 158 g/mol. The molecule has 0 aromatic rings. The summed E-state index contributed by atoms with van der Waals surface area (Å²) in [5, 5.41) is 0. The van der Waals surface area contributed by atoms with Gasteiger partial charge in [-0.05, 0) is 25.7 Å². The first-order valence-corrected chi connectivity index (χ1v) is 4.21. The molecule has 0 aliphatic carbocycles. The van der Waals surface area contributed by atoms with Crippen LogP contribution in [-0.4, -0.2) is 6.04 Å². The van der Waals surface area contributed by atoms with Crippen LogP contribution in [0.5, 0.6) is 0 Å². The largest absolute Gasteiger partial charge is 0.328 e. The summed E-state index contributed by atoms with van der Waals surface area (Å²) in [5.41, 5.74) is 5.72. The van der Waals surface area contributed by atoms with Gasteiger partial charge in [0.2, 0.25) is 0 Å². The second kappa shape index (κ2) is 9.99. The number of hydrogen-bond acceptors (Lipinski definition) is 1. The number of allylic oxidation sites excluding steroid dienone is 2. The quantitative estimate of drug-likeness (QED) is 0.643. The van der Waals surface area contributed by atoms with Crippen LogP contribution in [0.3, 0.4) is 0 Å². The minimum Gasteiger partial charge on any atom is -0.328 e. The minimum absolute atomic E-state index is 0. The van der Waals surface area contributed by atoms with Crippen molar-refractivity contribution in [3.8, 4) is 0 Å². The standard InChI is InChI=1S/C9H19N.ClH/c1-3-5-6-7-8-9(10)4-2;/h5-6,9H,3-4,7-8,10H2,1-2H3;1H/b6-5-;. The zero-order chi connectivity index (χ0) is 7.82. The molecule has 0 heterocycles. The highest BCUT2D eigenvalue weighted by molar-refractivity contribution is 5.85. The molecule has 1 atom stereocenters. The first-order chi connectivity index (χ1) is 4.81. The first-order valence-electron chi connectivity index (χ1n) is 4.21. The third kappa shape index (κ3) is 9.99. The van der Waals surface area contributed by atoms with Gasteiger partial charge >= 0.3 is 0 Å². The van der Waals surface area contributed by atoms with Gasteiger partial charge in [-0.2, -0.15) is 0 Å². The molecule has 11 heavy (non-hydrogen) atoms. The molecular formula is C9H20ClN. The fraction of sp³-hybridized carbons (Fsp3) is 0.778. The molecule has 0 rings (SSSR count). The molecule has 0 aliphatic rings. The molecule has 0 bridgehead atoms. The highest BCUT2D eigenvalue weighted by Crippen LogP contribution is 1.99. The van der Waals surface area contributed by atoms with Crippen LogP contribution in [0.4, 0.5) is 0 Å². The van der Waals surface area contributed by atoms with E-state index in [9.17, 15) is 0 Å². The highest BCUT2D eigenvalue weighted by atomic mass is 35.5. The van der Waals surface area contributed by atoms with Crippen LogP contribution in [-0.2, 0) is 0 Å². The van der Waals surface area contributed by atoms with E-state index < -0.39 is 0 Å². The Morgan fingerprint density at radius 3 is 2.36 bits per heavy atom. The Balaban J connectivity index is 0. The maximum absolute atomic E-state index is 5.72. The van der Waals surface area contributed by atoms with Crippen LogP contribution in [0, 0.1) is 0 Å². The van der Waals surface area contributed by atoms with E-state index in [1.807, 2.05) is 0 Å². The van der Waals surface area contributed by atoms with Crippen LogP contribution in [0.15, 0.2) is 12.2 Å². The fourth-order valence-electron chi connectivity index (χ4n) is 0.799. The molecule has 0 fully saturated rings. The Kier molecular flexibility index (Phi) is 12.3. The van der Waals surface area contributed by atoms with E-state index in [1.165, 1.54) is 0 Å². The second-order valence-electron chi connectivity index (χ2n) is 2.63. The van der Waals surface area contributed by atoms with E-state index in [1.54, 1.807) is 0 Å². The van der Waals surface area contributed by atoms with Crippen molar-refractivity contribution >= 4 is 12.4 Å². The van der Waals surface area contributed by atoms with E-state index in [4.69, 9.17) is 5.73 Å². The monoisotopic (exact) mass is 177 g/mol. The second-order valence-corrected chi connectivity index (χ2v) is 2.63. The van der Waals surface area contributed by atoms with Gasteiger partial charge in [0.05, 0.1) is 0 Å². The fourth-order valence-corrected chi connectivity index (χ4v) is 0.799. The van der Waals surface area contributed by atoms with E-state index in [2.05, 4.69) is 26.0 Å². The number of hydrogen-bond donors (Lipinski definition) is 1. The third-order valence-electron chi connectivity index (χ3n) is 1.63. The summed E-state index contributed by atoms with van der Waals surface area (Å²) < 4.78 is 0. The summed E-state index contributed by atoms with van der Waals surface area (Å²) in [5.74, 6) is 0. The average Bonchev–Trinajstić information content (AvgIpc) is 1.98. The van der Waals surface area contributed by atoms with Gasteiger partial charge in [0.25, 0.3) is 0 Å². The van der Waals surface area contributed by atoms with Crippen molar-refractivity contribution in [2.45, 2.75) is 45.6 Å². The molecule has 0 aromatic carbocycles. The van der Waals surface area contributed by atoms with Crippen molar-refractivity contribution in [1.82, 2.24) is 0 Å². The van der Waals surface area contributed by atoms with Gasteiger partial charge in [0, 0.05) is 6.04 Å². The molecule has 2 heteroatoms. The summed E-state index contributed by atoms with van der Waals surface area (Å²) >= 11 is 0. The molecule has 1 unspecified atom stereocenters. The SMILES string of the molecule is CC/C=C\CCC(N)CC.Cl. The highest BCUT2D eigenvalue weighted by Gasteiger charge is 1.94. The lowest BCUT2D eigenvalue weighted by atomic mass is 10.1. The molecule has 0 aliphatic heterocycles. The summed E-state index contributed by atoms with van der Waals surface area (Å²) in [6.45, 7) is 4.28. The predicted octanol–water partition coefficient (Wildman–Crippen LogP) is 2.89. The average molecular weight is 178 g/mol. The van der Waals surface area contributed by atoms with Crippen LogP contribution < -0.4 is 5.73 Å². The zero-order valence-electron chi connectivity index (χ0n) is 7.55. The van der Waals surface area contributed by atoms with Crippen LogP contribution in [0.2, 0.25) is 0 Å². The van der Waals surface area contributed by atoms with Crippen molar-refractivity contribution < 1.29 is 0 Å². The lowest BCUT2D eigenvalue weighted by molar-refractivity contribution is 0.602. The molecule has 2 N–H and O–H groups in total. The van der Waals surface area contributed by atoms with Crippen molar-refractivity contribution in [3.63, 3.8) is 0 Å². The molecule has 0 saturated carbocycles. The van der Waals surface area contributed by atoms with Crippen molar-refractivity contribution in [3.05, 3.63) is 12.2 Å². The number of rotatable bonds is 5. The third-order valence-corrected chi connectivity index (χ3v) is 1.63. The van der Waals surface area contributed by atoms with Crippen LogP contribution >= 0.6 is 12.4 Å². The van der Waals surface area contributed by atoms with Crippen molar-refractivity contribution in [1.29, 1.82) is 0 Å². The maximum Gasteiger partial charge on any atom is 0.00391 e. The van der Waals surface area contributed by atoms with E-state index in [0.717, 1.165) is 25.7 Å². The number of nitrogens with two attached hydrogens (primary N) is 1. The van der Waals surface area contributed by atoms with Crippen molar-refractivity contribution in [2.24, 2.45) is 5.73 Å². The Labute approximate surface area is 76.5 Å². The van der Waals surface area contributed by atoms with Gasteiger partial charge in [-0.3, -0.25) is 0 Å². The van der Waals surface area contributed by atoms with Gasteiger partial charge in [-0.25, -0.2) is 0 Å². The maximum atomic E-state index is 5.72. The van der Waals surface area contributed by atoms with E-state index >= 15 is 0 Å². The van der Waals surface area contributed by atoms with Gasteiger partial charge in [0.1, 0.15) is 0 Å². The summed E-state index contributed by atoms with van der Waals surface area (Å²) in [6.07, 6.45) is 8.93. The molecule has 0 aromatic heterocycles. The minimum atomic E-state index is 0. The van der Waals surface area contributed by atoms with E-state index in [0.29, 0.717) is 6.04 Å². The van der Waals surface area contributed by atoms with Crippen molar-refractivity contribution in [2.75, 3.05) is 0 Å². The van der Waals surface area contributed by atoms with Gasteiger partial charge in [-0.1, -0.05) is 26.0 Å². The van der Waals surface area contributed by atoms with Gasteiger partial charge in [-0.15, -0.1) is 12.4 Å². The van der Waals surface area contributed by atoms with Crippen LogP contribution in [0.1, 0.15) is 39.5 Å². The smallest absolute Gasteiger partial charge is 0.00391 e. The summed E-state index contributed by atoms with van der Waals surface area (Å²) in [6, 6.07) is 0.404. The Morgan fingerprint density at radius 1 is 1.27 bits per heavy atom. The molecule has 0 amide bonds. The first kappa shape index (κ1) is 13.6. The Bertz CT molecular complexity index is 91.6. The Morgan fingerprint density at radius 2 is 1.91 bits per heavy atom. The molecule has 1 nitrogen and oxygen atoms in total. The Hall–Kier alpha value is -0.0100. The topological polar surface area (TPSA) is 26.0 Å². The lowest BCUT2D eigenvalue weighted by Gasteiger charge is -2.04. The molecule has 0 radical (unpaired) electrons. The molecule has 0 saturated heterocycles. The normalized spacial score (nSPS) is 13.0. The lowest BCUT2D eigenvalue weighted by Crippen LogP contribution is -2.17. The zero-order valence-corrected chi connectivity index (χ0v) is 8.36. The molecule has 0 spiro atoms.